The second kappa shape index (κ2) is 6.86. The number of fused-ring (bicyclic) bond motifs is 1. The van der Waals surface area contributed by atoms with Crippen molar-refractivity contribution in [1.82, 2.24) is 5.06 Å². The first-order valence-corrected chi connectivity index (χ1v) is 7.49. The Morgan fingerprint density at radius 1 is 1.00 bits per heavy atom. The SMILES string of the molecule is N#CCC(=O)Nc1ccccc1C(=O)ON1C(=O)c2ccccc2C1=O. The summed E-state index contributed by atoms with van der Waals surface area (Å²) in [6.07, 6.45) is -0.387. The van der Waals surface area contributed by atoms with Crippen LogP contribution in [-0.2, 0) is 9.63 Å². The lowest BCUT2D eigenvalue weighted by atomic mass is 10.1. The summed E-state index contributed by atoms with van der Waals surface area (Å²) >= 11 is 0. The van der Waals surface area contributed by atoms with Crippen LogP contribution in [0.1, 0.15) is 37.5 Å². The number of carbonyl (C=O) groups is 4. The summed E-state index contributed by atoms with van der Waals surface area (Å²) in [5, 5.41) is 11.3. The Morgan fingerprint density at radius 3 is 2.19 bits per heavy atom. The molecule has 3 rings (SSSR count). The van der Waals surface area contributed by atoms with Crippen molar-refractivity contribution in [1.29, 1.82) is 5.26 Å². The number of hydrogen-bond acceptors (Lipinski definition) is 6. The molecule has 1 N–H and O–H groups in total. The Labute approximate surface area is 147 Å². The number of hydrogen-bond donors (Lipinski definition) is 1. The van der Waals surface area contributed by atoms with Gasteiger partial charge in [-0.05, 0) is 24.3 Å². The highest BCUT2D eigenvalue weighted by molar-refractivity contribution is 6.21. The van der Waals surface area contributed by atoms with E-state index >= 15 is 0 Å². The summed E-state index contributed by atoms with van der Waals surface area (Å²) < 4.78 is 0. The van der Waals surface area contributed by atoms with Crippen molar-refractivity contribution in [3.8, 4) is 6.07 Å². The third-order valence-electron chi connectivity index (χ3n) is 3.59. The van der Waals surface area contributed by atoms with E-state index in [1.165, 1.54) is 30.3 Å². The van der Waals surface area contributed by atoms with Crippen molar-refractivity contribution in [2.45, 2.75) is 6.42 Å². The molecule has 1 aliphatic rings. The van der Waals surface area contributed by atoms with Crippen LogP contribution < -0.4 is 5.32 Å². The molecule has 1 heterocycles. The molecule has 0 saturated heterocycles. The van der Waals surface area contributed by atoms with Gasteiger partial charge in [-0.1, -0.05) is 29.3 Å². The number of nitriles is 1. The molecule has 3 amide bonds. The first kappa shape index (κ1) is 16.9. The second-order valence-electron chi connectivity index (χ2n) is 5.26. The molecular weight excluding hydrogens is 338 g/mol. The number of anilines is 1. The summed E-state index contributed by atoms with van der Waals surface area (Å²) in [6, 6.07) is 13.7. The van der Waals surface area contributed by atoms with Gasteiger partial charge in [-0.2, -0.15) is 5.26 Å². The van der Waals surface area contributed by atoms with Crippen LogP contribution >= 0.6 is 0 Å². The van der Waals surface area contributed by atoms with Crippen molar-refractivity contribution < 1.29 is 24.0 Å². The zero-order chi connectivity index (χ0) is 18.7. The van der Waals surface area contributed by atoms with Gasteiger partial charge in [0.05, 0.1) is 28.4 Å². The van der Waals surface area contributed by atoms with Gasteiger partial charge < -0.3 is 10.2 Å². The van der Waals surface area contributed by atoms with E-state index in [1.807, 2.05) is 0 Å². The van der Waals surface area contributed by atoms with Gasteiger partial charge in [0.15, 0.2) is 0 Å². The van der Waals surface area contributed by atoms with Gasteiger partial charge in [-0.25, -0.2) is 4.79 Å². The van der Waals surface area contributed by atoms with Crippen LogP contribution in [0.2, 0.25) is 0 Å². The number of nitrogens with one attached hydrogen (secondary N) is 1. The van der Waals surface area contributed by atoms with Gasteiger partial charge in [0.1, 0.15) is 6.42 Å². The van der Waals surface area contributed by atoms with E-state index in [0.717, 1.165) is 0 Å². The highest BCUT2D eigenvalue weighted by atomic mass is 16.7. The fourth-order valence-corrected chi connectivity index (χ4v) is 2.42. The fourth-order valence-electron chi connectivity index (χ4n) is 2.42. The zero-order valence-corrected chi connectivity index (χ0v) is 13.3. The summed E-state index contributed by atoms with van der Waals surface area (Å²) in [5.41, 5.74) is 0.325. The molecule has 0 bridgehead atoms. The Balaban J connectivity index is 1.82. The van der Waals surface area contributed by atoms with Gasteiger partial charge in [-0.3, -0.25) is 14.4 Å². The Bertz CT molecular complexity index is 942. The quantitative estimate of drug-likeness (QED) is 0.843. The smallest absolute Gasteiger partial charge is 0.324 e. The molecule has 0 fully saturated rings. The lowest BCUT2D eigenvalue weighted by molar-refractivity contribution is -0.115. The van der Waals surface area contributed by atoms with Crippen LogP contribution in [0, 0.1) is 11.3 Å². The number of amides is 3. The third-order valence-corrected chi connectivity index (χ3v) is 3.59. The average molecular weight is 349 g/mol. The number of nitrogens with zero attached hydrogens (tertiary/aromatic N) is 2. The molecule has 0 aliphatic carbocycles. The van der Waals surface area contributed by atoms with Crippen LogP contribution in [-0.4, -0.2) is 28.8 Å². The lowest BCUT2D eigenvalue weighted by Gasteiger charge is -2.14. The molecule has 0 saturated carbocycles. The number of hydroxylamine groups is 2. The van der Waals surface area contributed by atoms with Crippen LogP contribution in [0.25, 0.3) is 0 Å². The minimum atomic E-state index is -0.993. The topological polar surface area (TPSA) is 117 Å². The Kier molecular flexibility index (Phi) is 4.45. The van der Waals surface area contributed by atoms with Gasteiger partial charge >= 0.3 is 5.97 Å². The number of rotatable bonds is 4. The number of benzene rings is 2. The van der Waals surface area contributed by atoms with Gasteiger partial charge in [-0.15, -0.1) is 0 Å². The molecule has 0 unspecified atom stereocenters. The number of para-hydroxylation sites is 1. The highest BCUT2D eigenvalue weighted by Gasteiger charge is 2.39. The normalized spacial score (nSPS) is 12.3. The largest absolute Gasteiger partial charge is 0.366 e. The van der Waals surface area contributed by atoms with E-state index in [1.54, 1.807) is 24.3 Å². The molecule has 1 aliphatic heterocycles. The van der Waals surface area contributed by atoms with E-state index in [2.05, 4.69) is 5.32 Å². The maximum atomic E-state index is 12.4. The van der Waals surface area contributed by atoms with E-state index in [9.17, 15) is 19.2 Å². The third kappa shape index (κ3) is 3.01. The van der Waals surface area contributed by atoms with Gasteiger partial charge in [0, 0.05) is 0 Å². The van der Waals surface area contributed by atoms with Crippen LogP contribution in [0.3, 0.4) is 0 Å². The molecule has 128 valence electrons. The predicted octanol–water partition coefficient (Wildman–Crippen LogP) is 1.91. The molecule has 8 nitrogen and oxygen atoms in total. The molecule has 0 radical (unpaired) electrons. The Morgan fingerprint density at radius 2 is 1.58 bits per heavy atom. The monoisotopic (exact) mass is 349 g/mol. The van der Waals surface area contributed by atoms with Gasteiger partial charge in [0.25, 0.3) is 11.8 Å². The molecule has 2 aromatic carbocycles. The summed E-state index contributed by atoms with van der Waals surface area (Å²) in [5.74, 6) is -3.09. The molecule has 0 atom stereocenters. The predicted molar refractivity (Wildman–Crippen MR) is 87.7 cm³/mol. The van der Waals surface area contributed by atoms with E-state index in [4.69, 9.17) is 10.1 Å². The van der Waals surface area contributed by atoms with Crippen molar-refractivity contribution >= 4 is 29.4 Å². The maximum Gasteiger partial charge on any atom is 0.366 e. The van der Waals surface area contributed by atoms with Crippen LogP contribution in [0.5, 0.6) is 0 Å². The van der Waals surface area contributed by atoms with Crippen LogP contribution in [0.15, 0.2) is 48.5 Å². The zero-order valence-electron chi connectivity index (χ0n) is 13.3. The Hall–Kier alpha value is -3.99. The molecule has 26 heavy (non-hydrogen) atoms. The maximum absolute atomic E-state index is 12.4. The summed E-state index contributed by atoms with van der Waals surface area (Å²) in [7, 11) is 0. The summed E-state index contributed by atoms with van der Waals surface area (Å²) in [6.45, 7) is 0. The second-order valence-corrected chi connectivity index (χ2v) is 5.26. The number of carbonyl (C=O) groups excluding carboxylic acids is 4. The van der Waals surface area contributed by atoms with E-state index < -0.39 is 23.7 Å². The first-order chi connectivity index (χ1) is 12.5. The molecular formula is C18H11N3O5. The molecule has 8 heteroatoms. The molecule has 0 aromatic heterocycles. The minimum Gasteiger partial charge on any atom is -0.324 e. The average Bonchev–Trinajstić information content (AvgIpc) is 2.87. The standard InChI is InChI=1S/C18H11N3O5/c19-10-9-15(22)20-14-8-4-3-7-13(14)18(25)26-21-16(23)11-5-1-2-6-12(11)17(21)24/h1-8H,9H2,(H,20,22). The highest BCUT2D eigenvalue weighted by Crippen LogP contribution is 2.24. The molecule has 2 aromatic rings. The number of imide groups is 1. The van der Waals surface area contributed by atoms with Crippen molar-refractivity contribution in [2.24, 2.45) is 0 Å². The lowest BCUT2D eigenvalue weighted by Crippen LogP contribution is -2.33. The van der Waals surface area contributed by atoms with E-state index in [0.29, 0.717) is 5.06 Å². The fraction of sp³-hybridized carbons (Fsp3) is 0.0556. The van der Waals surface area contributed by atoms with Gasteiger partial charge in [0.2, 0.25) is 5.91 Å². The van der Waals surface area contributed by atoms with E-state index in [-0.39, 0.29) is 28.8 Å². The van der Waals surface area contributed by atoms with Crippen molar-refractivity contribution in [2.75, 3.05) is 5.32 Å². The molecule has 0 spiro atoms. The summed E-state index contributed by atoms with van der Waals surface area (Å²) in [4.78, 5) is 53.5. The first-order valence-electron chi connectivity index (χ1n) is 7.49. The van der Waals surface area contributed by atoms with Crippen molar-refractivity contribution in [3.63, 3.8) is 0 Å². The van der Waals surface area contributed by atoms with Crippen molar-refractivity contribution in [3.05, 3.63) is 65.2 Å². The minimum absolute atomic E-state index is 0.0599. The van der Waals surface area contributed by atoms with Crippen LogP contribution in [0.4, 0.5) is 5.69 Å².